The largest absolute Gasteiger partial charge is 0.388 e. The van der Waals surface area contributed by atoms with Gasteiger partial charge < -0.3 is 44.5 Å². The van der Waals surface area contributed by atoms with Gasteiger partial charge >= 0.3 is 0 Å². The number of rotatable bonds is 3. The first-order valence-electron chi connectivity index (χ1n) is 6.27. The van der Waals surface area contributed by atoms with Gasteiger partial charge in [0.1, 0.15) is 36.6 Å². The predicted octanol–water partition coefficient (Wildman–Crippen LogP) is -3.46. The Balaban J connectivity index is 2.03. The zero-order chi connectivity index (χ0) is 14.9. The van der Waals surface area contributed by atoms with E-state index in [1.54, 1.807) is 0 Å². The molecule has 0 spiro atoms. The van der Waals surface area contributed by atoms with Gasteiger partial charge in [-0.3, -0.25) is 0 Å². The topological polar surface area (TPSA) is 138 Å². The summed E-state index contributed by atoms with van der Waals surface area (Å²) in [5.41, 5.74) is 0. The molecule has 2 rings (SSSR count). The number of aliphatic hydroxyl groups excluding tert-OH is 5. The van der Waals surface area contributed by atoms with Crippen LogP contribution < -0.4 is 0 Å². The van der Waals surface area contributed by atoms with Crippen LogP contribution in [-0.2, 0) is 18.9 Å². The molecule has 1 unspecified atom stereocenters. The van der Waals surface area contributed by atoms with Crippen LogP contribution in [0.5, 0.6) is 0 Å². The number of methoxy groups -OCH3 is 1. The van der Waals surface area contributed by atoms with Crippen LogP contribution >= 0.6 is 0 Å². The van der Waals surface area contributed by atoms with Gasteiger partial charge in [-0.15, -0.1) is 0 Å². The molecule has 0 aromatic heterocycles. The maximum Gasteiger partial charge on any atom is 0.187 e. The average Bonchev–Trinajstić information content (AvgIpc) is 2.43. The Hall–Kier alpha value is -0.360. The standard InChI is InChI=1S/C11H20O9/c1-17-9-7(15)5(13)3-19-11(9)20-8-6(14)4(12)2-18-10(8)16/h4-16H,2-3H2,1H3/t4-,5-,6+,7+,8-,9-,10?,11+/m1/s1. The number of hydrogen-bond acceptors (Lipinski definition) is 9. The number of ether oxygens (including phenoxy) is 4. The Morgan fingerprint density at radius 1 is 0.850 bits per heavy atom. The van der Waals surface area contributed by atoms with E-state index in [9.17, 15) is 25.5 Å². The second-order valence-corrected chi connectivity index (χ2v) is 4.84. The molecule has 0 aromatic carbocycles. The molecule has 118 valence electrons. The second kappa shape index (κ2) is 6.60. The summed E-state index contributed by atoms with van der Waals surface area (Å²) < 4.78 is 20.4. The summed E-state index contributed by atoms with van der Waals surface area (Å²) in [5.74, 6) is 0. The summed E-state index contributed by atoms with van der Waals surface area (Å²) >= 11 is 0. The van der Waals surface area contributed by atoms with Crippen LogP contribution in [0.2, 0.25) is 0 Å². The molecule has 2 saturated heterocycles. The lowest BCUT2D eigenvalue weighted by Crippen LogP contribution is -2.60. The fraction of sp³-hybridized carbons (Fsp3) is 1.00. The molecule has 2 aliphatic heterocycles. The summed E-state index contributed by atoms with van der Waals surface area (Å²) in [4.78, 5) is 0. The minimum atomic E-state index is -1.45. The molecule has 0 bridgehead atoms. The fourth-order valence-corrected chi connectivity index (χ4v) is 2.21. The van der Waals surface area contributed by atoms with Crippen LogP contribution in [-0.4, -0.2) is 95.1 Å². The molecule has 2 heterocycles. The van der Waals surface area contributed by atoms with E-state index in [0.29, 0.717) is 0 Å². The summed E-state index contributed by atoms with van der Waals surface area (Å²) in [6.45, 7) is -0.406. The maximum absolute atomic E-state index is 9.79. The van der Waals surface area contributed by atoms with Gasteiger partial charge in [-0.2, -0.15) is 0 Å². The van der Waals surface area contributed by atoms with Crippen molar-refractivity contribution in [2.24, 2.45) is 0 Å². The van der Waals surface area contributed by atoms with Gasteiger partial charge in [0.15, 0.2) is 12.6 Å². The van der Waals surface area contributed by atoms with Crippen molar-refractivity contribution in [3.63, 3.8) is 0 Å². The highest BCUT2D eigenvalue weighted by atomic mass is 16.7. The first kappa shape index (κ1) is 16.0. The lowest BCUT2D eigenvalue weighted by molar-refractivity contribution is -0.339. The van der Waals surface area contributed by atoms with E-state index in [0.717, 1.165) is 0 Å². The third-order valence-electron chi connectivity index (χ3n) is 3.44. The lowest BCUT2D eigenvalue weighted by Gasteiger charge is -2.42. The van der Waals surface area contributed by atoms with Crippen LogP contribution in [0.3, 0.4) is 0 Å². The Bertz CT molecular complexity index is 314. The molecule has 20 heavy (non-hydrogen) atoms. The van der Waals surface area contributed by atoms with Crippen molar-refractivity contribution in [2.75, 3.05) is 20.3 Å². The van der Waals surface area contributed by atoms with E-state index >= 15 is 0 Å². The van der Waals surface area contributed by atoms with Gasteiger partial charge in [-0.05, 0) is 0 Å². The van der Waals surface area contributed by atoms with E-state index in [1.165, 1.54) is 7.11 Å². The van der Waals surface area contributed by atoms with Crippen molar-refractivity contribution in [1.29, 1.82) is 0 Å². The first-order chi connectivity index (χ1) is 9.45. The minimum absolute atomic E-state index is 0.186. The number of aliphatic hydroxyl groups is 5. The predicted molar refractivity (Wildman–Crippen MR) is 61.4 cm³/mol. The highest BCUT2D eigenvalue weighted by Gasteiger charge is 2.45. The van der Waals surface area contributed by atoms with E-state index in [-0.39, 0.29) is 13.2 Å². The van der Waals surface area contributed by atoms with Crippen LogP contribution in [0.1, 0.15) is 0 Å². The molecule has 0 amide bonds. The van der Waals surface area contributed by atoms with E-state index in [4.69, 9.17) is 18.9 Å². The first-order valence-corrected chi connectivity index (χ1v) is 6.27. The Kier molecular flexibility index (Phi) is 5.29. The molecule has 0 saturated carbocycles. The molecule has 9 heteroatoms. The molecule has 8 atom stereocenters. The Morgan fingerprint density at radius 3 is 2.00 bits per heavy atom. The molecule has 2 aliphatic rings. The summed E-state index contributed by atoms with van der Waals surface area (Å²) in [6.07, 6.45) is -9.76. The van der Waals surface area contributed by atoms with E-state index in [2.05, 4.69) is 0 Å². The summed E-state index contributed by atoms with van der Waals surface area (Å²) in [7, 11) is 1.30. The van der Waals surface area contributed by atoms with Gasteiger partial charge in [0, 0.05) is 7.11 Å². The maximum atomic E-state index is 9.79. The lowest BCUT2D eigenvalue weighted by atomic mass is 10.0. The molecule has 0 aliphatic carbocycles. The van der Waals surface area contributed by atoms with E-state index < -0.39 is 49.2 Å². The minimum Gasteiger partial charge on any atom is -0.388 e. The fourth-order valence-electron chi connectivity index (χ4n) is 2.21. The highest BCUT2D eigenvalue weighted by Crippen LogP contribution is 2.25. The zero-order valence-corrected chi connectivity index (χ0v) is 10.9. The van der Waals surface area contributed by atoms with Crippen LogP contribution in [0.4, 0.5) is 0 Å². The highest BCUT2D eigenvalue weighted by molar-refractivity contribution is 4.88. The van der Waals surface area contributed by atoms with Crippen molar-refractivity contribution in [3.05, 3.63) is 0 Å². The van der Waals surface area contributed by atoms with Crippen LogP contribution in [0.25, 0.3) is 0 Å². The molecule has 0 radical (unpaired) electrons. The van der Waals surface area contributed by atoms with Crippen molar-refractivity contribution in [3.8, 4) is 0 Å². The molecule has 0 aromatic rings. The summed E-state index contributed by atoms with van der Waals surface area (Å²) in [6, 6.07) is 0. The quantitative estimate of drug-likeness (QED) is 0.359. The zero-order valence-electron chi connectivity index (χ0n) is 10.9. The normalized spacial score (nSPS) is 50.1. The van der Waals surface area contributed by atoms with Gasteiger partial charge in [0.05, 0.1) is 13.2 Å². The molecular weight excluding hydrogens is 276 g/mol. The van der Waals surface area contributed by atoms with Crippen LogP contribution in [0.15, 0.2) is 0 Å². The Labute approximate surface area is 115 Å². The van der Waals surface area contributed by atoms with Crippen molar-refractivity contribution >= 4 is 0 Å². The molecule has 2 fully saturated rings. The van der Waals surface area contributed by atoms with Crippen LogP contribution in [0, 0.1) is 0 Å². The van der Waals surface area contributed by atoms with Gasteiger partial charge in [0.25, 0.3) is 0 Å². The van der Waals surface area contributed by atoms with Gasteiger partial charge in [0.2, 0.25) is 0 Å². The molecule has 5 N–H and O–H groups in total. The monoisotopic (exact) mass is 296 g/mol. The molecule has 9 nitrogen and oxygen atoms in total. The van der Waals surface area contributed by atoms with Gasteiger partial charge in [-0.1, -0.05) is 0 Å². The third-order valence-corrected chi connectivity index (χ3v) is 3.44. The smallest absolute Gasteiger partial charge is 0.187 e. The van der Waals surface area contributed by atoms with Crippen molar-refractivity contribution < 1.29 is 44.5 Å². The van der Waals surface area contributed by atoms with Gasteiger partial charge in [-0.25, -0.2) is 0 Å². The molecular formula is C11H20O9. The van der Waals surface area contributed by atoms with Crippen molar-refractivity contribution in [1.82, 2.24) is 0 Å². The van der Waals surface area contributed by atoms with E-state index in [1.807, 2.05) is 0 Å². The second-order valence-electron chi connectivity index (χ2n) is 4.84. The summed E-state index contributed by atoms with van der Waals surface area (Å²) in [5, 5.41) is 48.2. The Morgan fingerprint density at radius 2 is 1.40 bits per heavy atom. The van der Waals surface area contributed by atoms with Crippen molar-refractivity contribution in [2.45, 2.75) is 49.2 Å². The SMILES string of the molecule is CO[C@H]1[C@H](O[C@H]2C(O)OC[C@@H](O)[C@@H]2O)OC[C@@H](O)[C@@H]1O. The number of hydrogen-bond donors (Lipinski definition) is 5. The average molecular weight is 296 g/mol. The third kappa shape index (κ3) is 3.11.